The summed E-state index contributed by atoms with van der Waals surface area (Å²) < 4.78 is 0. The van der Waals surface area contributed by atoms with Gasteiger partial charge in [0.15, 0.2) is 0 Å². The molecule has 19 heavy (non-hydrogen) atoms. The summed E-state index contributed by atoms with van der Waals surface area (Å²) in [7, 11) is 0. The normalized spacial score (nSPS) is 13.9. The molecule has 1 fully saturated rings. The van der Waals surface area contributed by atoms with E-state index in [1.165, 1.54) is 29.2 Å². The van der Waals surface area contributed by atoms with E-state index in [2.05, 4.69) is 0 Å². The number of carbonyl (C=O) groups excluding carboxylic acids is 1. The minimum atomic E-state index is -1.13. The second-order valence-corrected chi connectivity index (χ2v) is 4.33. The summed E-state index contributed by atoms with van der Waals surface area (Å²) in [6.07, 6.45) is 1.47. The van der Waals surface area contributed by atoms with Crippen LogP contribution in [-0.4, -0.2) is 39.4 Å². The maximum atomic E-state index is 12.2. The first kappa shape index (κ1) is 13.0. The molecule has 2 rings (SSSR count). The summed E-state index contributed by atoms with van der Waals surface area (Å²) in [6.45, 7) is -0.435. The van der Waals surface area contributed by atoms with Gasteiger partial charge in [-0.2, -0.15) is 0 Å². The molecule has 1 aliphatic carbocycles. The predicted octanol–water partition coefficient (Wildman–Crippen LogP) is 1.28. The van der Waals surface area contributed by atoms with Crippen molar-refractivity contribution in [1.29, 1.82) is 0 Å². The van der Waals surface area contributed by atoms with Gasteiger partial charge in [-0.15, -0.1) is 0 Å². The SMILES string of the molecule is O=C(O)CN(C(=O)c1ccccc1[N+](=O)[O-])C1CC1. The lowest BCUT2D eigenvalue weighted by atomic mass is 10.1. The smallest absolute Gasteiger partial charge is 0.323 e. The maximum Gasteiger partial charge on any atom is 0.323 e. The molecule has 1 aliphatic rings. The number of hydrogen-bond acceptors (Lipinski definition) is 4. The van der Waals surface area contributed by atoms with Crippen LogP contribution in [-0.2, 0) is 4.79 Å². The van der Waals surface area contributed by atoms with E-state index in [0.717, 1.165) is 12.8 Å². The van der Waals surface area contributed by atoms with Crippen molar-refractivity contribution >= 4 is 17.6 Å². The highest BCUT2D eigenvalue weighted by Gasteiger charge is 2.36. The number of carboxylic acid groups (broad SMARTS) is 1. The fourth-order valence-electron chi connectivity index (χ4n) is 1.87. The average molecular weight is 264 g/mol. The predicted molar refractivity (Wildman–Crippen MR) is 64.8 cm³/mol. The topological polar surface area (TPSA) is 101 Å². The van der Waals surface area contributed by atoms with Crippen molar-refractivity contribution in [2.45, 2.75) is 18.9 Å². The Bertz CT molecular complexity index is 539. The lowest BCUT2D eigenvalue weighted by Gasteiger charge is -2.20. The Hall–Kier alpha value is -2.44. The number of rotatable bonds is 5. The minimum Gasteiger partial charge on any atom is -0.480 e. The van der Waals surface area contributed by atoms with E-state index in [1.807, 2.05) is 0 Å². The Morgan fingerprint density at radius 2 is 2.00 bits per heavy atom. The van der Waals surface area contributed by atoms with Crippen molar-refractivity contribution in [3.8, 4) is 0 Å². The molecule has 0 aromatic heterocycles. The third kappa shape index (κ3) is 2.87. The third-order valence-electron chi connectivity index (χ3n) is 2.89. The molecule has 0 unspecified atom stereocenters. The molecule has 1 aromatic carbocycles. The number of hydrogen-bond donors (Lipinski definition) is 1. The summed E-state index contributed by atoms with van der Waals surface area (Å²) >= 11 is 0. The van der Waals surface area contributed by atoms with Gasteiger partial charge in [0.1, 0.15) is 12.1 Å². The first-order valence-electron chi connectivity index (χ1n) is 5.77. The molecule has 7 heteroatoms. The van der Waals surface area contributed by atoms with Gasteiger partial charge in [-0.25, -0.2) is 0 Å². The maximum absolute atomic E-state index is 12.2. The Balaban J connectivity index is 2.31. The molecule has 1 saturated carbocycles. The van der Waals surface area contributed by atoms with Crippen molar-refractivity contribution in [3.63, 3.8) is 0 Å². The number of para-hydroxylation sites is 1. The fourth-order valence-corrected chi connectivity index (χ4v) is 1.87. The van der Waals surface area contributed by atoms with Crippen molar-refractivity contribution in [2.75, 3.05) is 6.54 Å². The molecule has 0 heterocycles. The molecule has 1 N–H and O–H groups in total. The fraction of sp³-hybridized carbons (Fsp3) is 0.333. The zero-order valence-corrected chi connectivity index (χ0v) is 9.98. The Morgan fingerprint density at radius 3 is 2.53 bits per heavy atom. The van der Waals surface area contributed by atoms with Crippen LogP contribution in [0, 0.1) is 10.1 Å². The largest absolute Gasteiger partial charge is 0.480 e. The van der Waals surface area contributed by atoms with E-state index in [0.29, 0.717) is 0 Å². The van der Waals surface area contributed by atoms with Crippen LogP contribution in [0.2, 0.25) is 0 Å². The van der Waals surface area contributed by atoms with Gasteiger partial charge < -0.3 is 10.0 Å². The summed E-state index contributed by atoms with van der Waals surface area (Å²) in [6, 6.07) is 5.44. The third-order valence-corrected chi connectivity index (χ3v) is 2.89. The van der Waals surface area contributed by atoms with Crippen LogP contribution in [0.5, 0.6) is 0 Å². The van der Waals surface area contributed by atoms with E-state index in [1.54, 1.807) is 0 Å². The number of aliphatic carboxylic acids is 1. The molecule has 0 radical (unpaired) electrons. The Morgan fingerprint density at radius 1 is 1.37 bits per heavy atom. The molecule has 0 atom stereocenters. The molecule has 0 aliphatic heterocycles. The van der Waals surface area contributed by atoms with Gasteiger partial charge in [0.25, 0.3) is 11.6 Å². The van der Waals surface area contributed by atoms with Gasteiger partial charge in [0, 0.05) is 12.1 Å². The van der Waals surface area contributed by atoms with Crippen LogP contribution in [0.1, 0.15) is 23.2 Å². The van der Waals surface area contributed by atoms with Crippen molar-refractivity contribution < 1.29 is 19.6 Å². The summed E-state index contributed by atoms with van der Waals surface area (Å²) in [5.41, 5.74) is -0.371. The van der Waals surface area contributed by atoms with Crippen molar-refractivity contribution in [1.82, 2.24) is 4.90 Å². The number of nitrogens with zero attached hydrogens (tertiary/aromatic N) is 2. The van der Waals surface area contributed by atoms with E-state index in [-0.39, 0.29) is 17.3 Å². The van der Waals surface area contributed by atoms with Gasteiger partial charge in [-0.05, 0) is 18.9 Å². The number of carboxylic acids is 1. The summed E-state index contributed by atoms with van der Waals surface area (Å²) in [5.74, 6) is -1.73. The summed E-state index contributed by atoms with van der Waals surface area (Å²) in [5, 5.41) is 19.7. The van der Waals surface area contributed by atoms with Gasteiger partial charge in [0.2, 0.25) is 0 Å². The second kappa shape index (κ2) is 5.05. The molecule has 100 valence electrons. The highest BCUT2D eigenvalue weighted by Crippen LogP contribution is 2.29. The average Bonchev–Trinajstić information content (AvgIpc) is 3.19. The van der Waals surface area contributed by atoms with Crippen LogP contribution in [0.3, 0.4) is 0 Å². The van der Waals surface area contributed by atoms with Gasteiger partial charge >= 0.3 is 5.97 Å². The molecule has 0 spiro atoms. The zero-order chi connectivity index (χ0) is 14.0. The van der Waals surface area contributed by atoms with E-state index >= 15 is 0 Å². The minimum absolute atomic E-state index is 0.0688. The zero-order valence-electron chi connectivity index (χ0n) is 9.98. The first-order valence-corrected chi connectivity index (χ1v) is 5.77. The number of amides is 1. The van der Waals surface area contributed by atoms with Crippen molar-refractivity contribution in [3.05, 3.63) is 39.9 Å². The quantitative estimate of drug-likeness (QED) is 0.637. The van der Waals surface area contributed by atoms with Crippen LogP contribution in [0.25, 0.3) is 0 Å². The standard InChI is InChI=1S/C12H12N2O5/c15-11(16)7-13(8-5-6-8)12(17)9-3-1-2-4-10(9)14(18)19/h1-4,8H,5-7H2,(H,15,16). The summed E-state index contributed by atoms with van der Waals surface area (Å²) in [4.78, 5) is 34.4. The van der Waals surface area contributed by atoms with Crippen molar-refractivity contribution in [2.24, 2.45) is 0 Å². The molecule has 1 aromatic rings. The molecule has 1 amide bonds. The second-order valence-electron chi connectivity index (χ2n) is 4.33. The number of nitro benzene ring substituents is 1. The van der Waals surface area contributed by atoms with E-state index in [9.17, 15) is 19.7 Å². The van der Waals surface area contributed by atoms with Crippen LogP contribution in [0.4, 0.5) is 5.69 Å². The van der Waals surface area contributed by atoms with Crippen LogP contribution in [0.15, 0.2) is 24.3 Å². The molecular weight excluding hydrogens is 252 g/mol. The molecule has 0 saturated heterocycles. The van der Waals surface area contributed by atoms with Crippen LogP contribution >= 0.6 is 0 Å². The number of benzene rings is 1. The number of nitro groups is 1. The van der Waals surface area contributed by atoms with Gasteiger partial charge in [-0.3, -0.25) is 19.7 Å². The van der Waals surface area contributed by atoms with E-state index in [4.69, 9.17) is 5.11 Å². The number of carbonyl (C=O) groups is 2. The molecular formula is C12H12N2O5. The monoisotopic (exact) mass is 264 g/mol. The molecule has 0 bridgehead atoms. The molecule has 7 nitrogen and oxygen atoms in total. The van der Waals surface area contributed by atoms with E-state index < -0.39 is 23.3 Å². The lowest BCUT2D eigenvalue weighted by Crippen LogP contribution is -2.37. The first-order chi connectivity index (χ1) is 9.00. The van der Waals surface area contributed by atoms with Crippen LogP contribution < -0.4 is 0 Å². The Labute approximate surface area is 108 Å². The lowest BCUT2D eigenvalue weighted by molar-refractivity contribution is -0.385. The highest BCUT2D eigenvalue weighted by atomic mass is 16.6. The van der Waals surface area contributed by atoms with Gasteiger partial charge in [0.05, 0.1) is 4.92 Å². The Kier molecular flexibility index (Phi) is 3.46. The highest BCUT2D eigenvalue weighted by molar-refractivity contribution is 5.99. The van der Waals surface area contributed by atoms with Gasteiger partial charge in [-0.1, -0.05) is 12.1 Å².